The molecule has 0 atom stereocenters. The molecule has 7 nitrogen and oxygen atoms in total. The molecule has 0 aliphatic heterocycles. The maximum absolute atomic E-state index is 11.9. The fourth-order valence-corrected chi connectivity index (χ4v) is 3.30. The van der Waals surface area contributed by atoms with Crippen LogP contribution in [0.1, 0.15) is 25.0 Å². The van der Waals surface area contributed by atoms with Crippen molar-refractivity contribution in [3.8, 4) is 0 Å². The van der Waals surface area contributed by atoms with Crippen molar-refractivity contribution in [2.24, 2.45) is 10.9 Å². The summed E-state index contributed by atoms with van der Waals surface area (Å²) in [7, 11) is -1.56. The van der Waals surface area contributed by atoms with E-state index in [0.29, 0.717) is 31.5 Å². The Bertz CT molecular complexity index is 586. The summed E-state index contributed by atoms with van der Waals surface area (Å²) in [6.07, 6.45) is 5.87. The van der Waals surface area contributed by atoms with Crippen LogP contribution in [0.4, 0.5) is 0 Å². The highest BCUT2D eigenvalue weighted by molar-refractivity contribution is 14.0. The molecule has 0 spiro atoms. The van der Waals surface area contributed by atoms with Crippen LogP contribution < -0.4 is 15.4 Å². The smallest absolute Gasteiger partial charge is 0.213 e. The molecule has 2 rings (SSSR count). The summed E-state index contributed by atoms with van der Waals surface area (Å²) >= 11 is 0. The van der Waals surface area contributed by atoms with E-state index in [4.69, 9.17) is 4.42 Å². The average Bonchev–Trinajstić information content (AvgIpc) is 2.97. The van der Waals surface area contributed by atoms with Crippen molar-refractivity contribution in [1.29, 1.82) is 0 Å². The van der Waals surface area contributed by atoms with Gasteiger partial charge >= 0.3 is 0 Å². The zero-order valence-corrected chi connectivity index (χ0v) is 17.1. The molecule has 1 aliphatic rings. The summed E-state index contributed by atoms with van der Waals surface area (Å²) in [4.78, 5) is 4.07. The monoisotopic (exact) mass is 470 g/mol. The van der Waals surface area contributed by atoms with Crippen LogP contribution in [-0.2, 0) is 16.4 Å². The maximum atomic E-state index is 11.9. The van der Waals surface area contributed by atoms with Crippen LogP contribution in [-0.4, -0.2) is 46.8 Å². The first-order valence-electron chi connectivity index (χ1n) is 8.03. The lowest BCUT2D eigenvalue weighted by molar-refractivity contribution is 0.316. The molecule has 9 heteroatoms. The maximum Gasteiger partial charge on any atom is 0.213 e. The van der Waals surface area contributed by atoms with Gasteiger partial charge in [-0.15, -0.1) is 24.0 Å². The lowest BCUT2D eigenvalue weighted by Crippen LogP contribution is -2.42. The third kappa shape index (κ3) is 7.84. The SMILES string of the molecule is CN=C(NCCc1ccco1)NCCS(=O)(=O)NCC1CCC1.I. The molecule has 1 aromatic rings. The summed E-state index contributed by atoms with van der Waals surface area (Å²) in [5.74, 6) is 2.05. The lowest BCUT2D eigenvalue weighted by Gasteiger charge is -2.25. The van der Waals surface area contributed by atoms with Crippen molar-refractivity contribution in [2.45, 2.75) is 25.7 Å². The predicted octanol–water partition coefficient (Wildman–Crippen LogP) is 1.32. The van der Waals surface area contributed by atoms with E-state index < -0.39 is 10.0 Å². The van der Waals surface area contributed by atoms with Gasteiger partial charge in [0.15, 0.2) is 5.96 Å². The first-order valence-corrected chi connectivity index (χ1v) is 9.68. The molecule has 1 saturated carbocycles. The summed E-state index contributed by atoms with van der Waals surface area (Å²) in [5.41, 5.74) is 0. The van der Waals surface area contributed by atoms with Crippen LogP contribution in [0, 0.1) is 5.92 Å². The molecule has 0 unspecified atom stereocenters. The number of rotatable bonds is 9. The topological polar surface area (TPSA) is 95.7 Å². The molecule has 1 heterocycles. The van der Waals surface area contributed by atoms with Gasteiger partial charge < -0.3 is 15.1 Å². The molecule has 0 bridgehead atoms. The third-order valence-electron chi connectivity index (χ3n) is 3.95. The lowest BCUT2D eigenvalue weighted by atomic mass is 9.86. The zero-order chi connectivity index (χ0) is 16.5. The second-order valence-electron chi connectivity index (χ2n) is 5.72. The Hall–Kier alpha value is -0.810. The molecule has 0 aromatic carbocycles. The zero-order valence-electron chi connectivity index (χ0n) is 14.0. The van der Waals surface area contributed by atoms with Crippen LogP contribution in [0.15, 0.2) is 27.8 Å². The van der Waals surface area contributed by atoms with Crippen molar-refractivity contribution in [3.63, 3.8) is 0 Å². The van der Waals surface area contributed by atoms with Gasteiger partial charge in [0, 0.05) is 33.1 Å². The molecule has 0 saturated heterocycles. The van der Waals surface area contributed by atoms with Crippen LogP contribution >= 0.6 is 24.0 Å². The Labute approximate surface area is 161 Å². The minimum Gasteiger partial charge on any atom is -0.469 e. The average molecular weight is 470 g/mol. The number of nitrogens with zero attached hydrogens (tertiary/aromatic N) is 1. The highest BCUT2D eigenvalue weighted by Gasteiger charge is 2.19. The van der Waals surface area contributed by atoms with E-state index in [1.807, 2.05) is 12.1 Å². The summed E-state index contributed by atoms with van der Waals surface area (Å²) in [6.45, 7) is 1.55. The highest BCUT2D eigenvalue weighted by atomic mass is 127. The van der Waals surface area contributed by atoms with E-state index in [1.165, 1.54) is 6.42 Å². The molecule has 138 valence electrons. The Morgan fingerprint density at radius 1 is 1.33 bits per heavy atom. The van der Waals surface area contributed by atoms with Crippen molar-refractivity contribution in [1.82, 2.24) is 15.4 Å². The second-order valence-corrected chi connectivity index (χ2v) is 7.65. The van der Waals surface area contributed by atoms with Gasteiger partial charge in [-0.05, 0) is 30.9 Å². The highest BCUT2D eigenvalue weighted by Crippen LogP contribution is 2.25. The van der Waals surface area contributed by atoms with Gasteiger partial charge in [0.05, 0.1) is 12.0 Å². The fourth-order valence-electron chi connectivity index (χ4n) is 2.30. The molecule has 1 aromatic heterocycles. The van der Waals surface area contributed by atoms with Crippen molar-refractivity contribution in [2.75, 3.05) is 32.4 Å². The van der Waals surface area contributed by atoms with Crippen molar-refractivity contribution < 1.29 is 12.8 Å². The quantitative estimate of drug-likeness (QED) is 0.288. The van der Waals surface area contributed by atoms with E-state index in [1.54, 1.807) is 13.3 Å². The van der Waals surface area contributed by atoms with Crippen molar-refractivity contribution >= 4 is 40.0 Å². The van der Waals surface area contributed by atoms with Crippen LogP contribution in [0.25, 0.3) is 0 Å². The van der Waals surface area contributed by atoms with E-state index in [2.05, 4.69) is 20.3 Å². The molecule has 3 N–H and O–H groups in total. The Morgan fingerprint density at radius 3 is 2.67 bits per heavy atom. The number of furan rings is 1. The van der Waals surface area contributed by atoms with Crippen LogP contribution in [0.5, 0.6) is 0 Å². The van der Waals surface area contributed by atoms with E-state index in [9.17, 15) is 8.42 Å². The minimum atomic E-state index is -3.22. The molecule has 1 fully saturated rings. The van der Waals surface area contributed by atoms with Gasteiger partial charge in [-0.2, -0.15) is 0 Å². The Morgan fingerprint density at radius 2 is 2.08 bits per heavy atom. The summed E-state index contributed by atoms with van der Waals surface area (Å²) in [6, 6.07) is 3.77. The molecular weight excluding hydrogens is 443 g/mol. The van der Waals surface area contributed by atoms with Gasteiger partial charge in [0.2, 0.25) is 10.0 Å². The number of hydrogen-bond donors (Lipinski definition) is 3. The van der Waals surface area contributed by atoms with Crippen LogP contribution in [0.3, 0.4) is 0 Å². The number of sulfonamides is 1. The summed E-state index contributed by atoms with van der Waals surface area (Å²) < 4.78 is 31.7. The molecule has 0 radical (unpaired) electrons. The van der Waals surface area contributed by atoms with E-state index in [-0.39, 0.29) is 29.7 Å². The fraction of sp³-hybridized carbons (Fsp3) is 0.667. The largest absolute Gasteiger partial charge is 0.469 e. The standard InChI is InChI=1S/C15H26N4O3S.HI/c1-16-15(17-8-7-14-6-3-10-22-14)18-9-11-23(20,21)19-12-13-4-2-5-13;/h3,6,10,13,19H,2,4-5,7-9,11-12H2,1H3,(H2,16,17,18);1H. The molecular formula is C15H27IN4O3S. The molecule has 0 amide bonds. The first-order chi connectivity index (χ1) is 11.1. The Balaban J connectivity index is 0.00000288. The Kier molecular flexibility index (Phi) is 9.67. The number of halogens is 1. The number of guanidine groups is 1. The number of aliphatic imine (C=N–C) groups is 1. The number of nitrogens with one attached hydrogen (secondary N) is 3. The minimum absolute atomic E-state index is 0. The van der Waals surface area contributed by atoms with Crippen LogP contribution in [0.2, 0.25) is 0 Å². The van der Waals surface area contributed by atoms with Gasteiger partial charge in [-0.3, -0.25) is 4.99 Å². The van der Waals surface area contributed by atoms with Gasteiger partial charge in [-0.1, -0.05) is 6.42 Å². The van der Waals surface area contributed by atoms with E-state index in [0.717, 1.165) is 25.0 Å². The number of hydrogen-bond acceptors (Lipinski definition) is 4. The third-order valence-corrected chi connectivity index (χ3v) is 5.30. The van der Waals surface area contributed by atoms with Gasteiger partial charge in [-0.25, -0.2) is 13.1 Å². The normalized spacial score (nSPS) is 15.5. The summed E-state index contributed by atoms with van der Waals surface area (Å²) in [5, 5.41) is 6.14. The second kappa shape index (κ2) is 10.9. The molecule has 24 heavy (non-hydrogen) atoms. The van der Waals surface area contributed by atoms with E-state index >= 15 is 0 Å². The van der Waals surface area contributed by atoms with Gasteiger partial charge in [0.1, 0.15) is 5.76 Å². The predicted molar refractivity (Wildman–Crippen MR) is 106 cm³/mol. The van der Waals surface area contributed by atoms with Crippen molar-refractivity contribution in [3.05, 3.63) is 24.2 Å². The molecule has 1 aliphatic carbocycles. The van der Waals surface area contributed by atoms with Gasteiger partial charge in [0.25, 0.3) is 0 Å². The first kappa shape index (κ1) is 21.2.